The highest BCUT2D eigenvalue weighted by atomic mass is 16.3. The van der Waals surface area contributed by atoms with Crippen LogP contribution in [0.4, 0.5) is 0 Å². The maximum Gasteiger partial charge on any atom is 0.268 e. The van der Waals surface area contributed by atoms with Gasteiger partial charge in [-0.3, -0.25) is 19.2 Å². The molecule has 0 amide bonds. The van der Waals surface area contributed by atoms with Gasteiger partial charge < -0.3 is 4.42 Å². The lowest BCUT2D eigenvalue weighted by atomic mass is 10.0. The van der Waals surface area contributed by atoms with Gasteiger partial charge in [0.05, 0.1) is 5.39 Å². The summed E-state index contributed by atoms with van der Waals surface area (Å²) in [7, 11) is 0. The minimum absolute atomic E-state index is 0.127. The molecule has 0 saturated heterocycles. The second-order valence-corrected chi connectivity index (χ2v) is 5.77. The number of ketones is 3. The summed E-state index contributed by atoms with van der Waals surface area (Å²) < 4.78 is 5.44. The molecule has 0 aliphatic heterocycles. The van der Waals surface area contributed by atoms with Gasteiger partial charge in [0.1, 0.15) is 5.58 Å². The minimum atomic E-state index is -0.907. The quantitative estimate of drug-likeness (QED) is 0.540. The van der Waals surface area contributed by atoms with Crippen LogP contribution in [0.15, 0.2) is 57.7 Å². The monoisotopic (exact) mass is 334 g/mol. The third kappa shape index (κ3) is 3.17. The van der Waals surface area contributed by atoms with E-state index in [0.717, 1.165) is 11.6 Å². The van der Waals surface area contributed by atoms with Crippen molar-refractivity contribution in [2.45, 2.75) is 13.8 Å². The van der Waals surface area contributed by atoms with Crippen LogP contribution in [0.25, 0.3) is 11.0 Å². The maximum atomic E-state index is 12.4. The Hall–Kier alpha value is -3.34. The first-order chi connectivity index (χ1) is 11.9. The fourth-order valence-electron chi connectivity index (χ4n) is 2.48. The molecule has 0 saturated carbocycles. The summed E-state index contributed by atoms with van der Waals surface area (Å²) >= 11 is 0. The highest BCUT2D eigenvalue weighted by molar-refractivity contribution is 6.48. The lowest BCUT2D eigenvalue weighted by Crippen LogP contribution is -2.17. The SMILES string of the molecule is CC(=O)c1ccc(C(=O)C(=O)c2cc(=O)c3cc(C)ccc3o2)cc1. The molecule has 0 unspecified atom stereocenters. The molecule has 5 nitrogen and oxygen atoms in total. The van der Waals surface area contributed by atoms with Crippen LogP contribution in [0.3, 0.4) is 0 Å². The predicted octanol–water partition coefficient (Wildman–Crippen LogP) is 3.37. The maximum absolute atomic E-state index is 12.4. The van der Waals surface area contributed by atoms with Gasteiger partial charge in [0.15, 0.2) is 17.0 Å². The molecular weight excluding hydrogens is 320 g/mol. The highest BCUT2D eigenvalue weighted by Crippen LogP contribution is 2.16. The Balaban J connectivity index is 1.98. The summed E-state index contributed by atoms with van der Waals surface area (Å²) in [6.07, 6.45) is 0. The average Bonchev–Trinajstić information content (AvgIpc) is 2.61. The van der Waals surface area contributed by atoms with Crippen molar-refractivity contribution in [2.24, 2.45) is 0 Å². The molecule has 0 spiro atoms. The van der Waals surface area contributed by atoms with Crippen molar-refractivity contribution in [2.75, 3.05) is 0 Å². The second kappa shape index (κ2) is 6.28. The molecule has 1 aromatic heterocycles. The van der Waals surface area contributed by atoms with Gasteiger partial charge in [-0.15, -0.1) is 0 Å². The van der Waals surface area contributed by atoms with Gasteiger partial charge in [-0.25, -0.2) is 0 Å². The van der Waals surface area contributed by atoms with Gasteiger partial charge in [0.25, 0.3) is 5.78 Å². The Morgan fingerprint density at radius 2 is 1.48 bits per heavy atom. The molecule has 3 aromatic rings. The number of benzene rings is 2. The third-order valence-electron chi connectivity index (χ3n) is 3.87. The molecule has 5 heteroatoms. The lowest BCUT2D eigenvalue weighted by molar-refractivity contribution is 0.0801. The van der Waals surface area contributed by atoms with E-state index in [-0.39, 0.29) is 28.1 Å². The van der Waals surface area contributed by atoms with Crippen LogP contribution >= 0.6 is 0 Å². The van der Waals surface area contributed by atoms with Crippen LogP contribution in [-0.4, -0.2) is 17.3 Å². The largest absolute Gasteiger partial charge is 0.452 e. The van der Waals surface area contributed by atoms with Gasteiger partial charge in [-0.2, -0.15) is 0 Å². The molecule has 0 radical (unpaired) electrons. The van der Waals surface area contributed by atoms with E-state index in [1.807, 2.05) is 6.92 Å². The summed E-state index contributed by atoms with van der Waals surface area (Å²) in [6, 6.07) is 11.8. The Morgan fingerprint density at radius 3 is 2.12 bits per heavy atom. The molecule has 0 aliphatic rings. The molecule has 25 heavy (non-hydrogen) atoms. The van der Waals surface area contributed by atoms with E-state index in [0.29, 0.717) is 10.9 Å². The van der Waals surface area contributed by atoms with E-state index in [2.05, 4.69) is 0 Å². The number of hydrogen-bond donors (Lipinski definition) is 0. The summed E-state index contributed by atoms with van der Waals surface area (Å²) in [6.45, 7) is 3.25. The standard InChI is InChI=1S/C20H14O5/c1-11-3-8-17-15(9-11)16(22)10-18(25-17)20(24)19(23)14-6-4-13(5-7-14)12(2)21/h3-10H,1-2H3. The Bertz CT molecular complexity index is 1070. The fourth-order valence-corrected chi connectivity index (χ4v) is 2.48. The van der Waals surface area contributed by atoms with Crippen LogP contribution in [-0.2, 0) is 0 Å². The minimum Gasteiger partial charge on any atom is -0.452 e. The molecule has 0 atom stereocenters. The van der Waals surface area contributed by atoms with Crippen LogP contribution in [0.2, 0.25) is 0 Å². The molecule has 124 valence electrons. The molecule has 2 aromatic carbocycles. The first kappa shape index (κ1) is 16.5. The highest BCUT2D eigenvalue weighted by Gasteiger charge is 2.22. The van der Waals surface area contributed by atoms with Crippen molar-refractivity contribution in [3.63, 3.8) is 0 Å². The van der Waals surface area contributed by atoms with E-state index in [4.69, 9.17) is 4.42 Å². The van der Waals surface area contributed by atoms with E-state index < -0.39 is 11.6 Å². The number of carbonyl (C=O) groups is 3. The summed E-state index contributed by atoms with van der Waals surface area (Å²) in [5, 5.41) is 0.356. The van der Waals surface area contributed by atoms with Crippen LogP contribution in [0, 0.1) is 6.92 Å². The van der Waals surface area contributed by atoms with Crippen molar-refractivity contribution >= 4 is 28.3 Å². The first-order valence-corrected chi connectivity index (χ1v) is 7.61. The number of Topliss-reactive ketones (excluding diaryl/α,β-unsaturated/α-hetero) is 3. The van der Waals surface area contributed by atoms with E-state index in [1.165, 1.54) is 31.2 Å². The number of rotatable bonds is 4. The van der Waals surface area contributed by atoms with Crippen molar-refractivity contribution in [3.8, 4) is 0 Å². The molecule has 0 N–H and O–H groups in total. The van der Waals surface area contributed by atoms with E-state index >= 15 is 0 Å². The first-order valence-electron chi connectivity index (χ1n) is 7.61. The van der Waals surface area contributed by atoms with Crippen molar-refractivity contribution in [1.29, 1.82) is 0 Å². The summed E-state index contributed by atoms with van der Waals surface area (Å²) in [5.74, 6) is -2.15. The fraction of sp³-hybridized carbons (Fsp3) is 0.100. The number of hydrogen-bond acceptors (Lipinski definition) is 5. The molecule has 0 aliphatic carbocycles. The smallest absolute Gasteiger partial charge is 0.268 e. The molecular formula is C20H14O5. The molecule has 1 heterocycles. The Kier molecular flexibility index (Phi) is 4.15. The third-order valence-corrected chi connectivity index (χ3v) is 3.87. The van der Waals surface area contributed by atoms with Gasteiger partial charge in [-0.05, 0) is 26.0 Å². The Labute approximate surface area is 142 Å². The van der Waals surface area contributed by atoms with Gasteiger partial charge in [0, 0.05) is 17.2 Å². The van der Waals surface area contributed by atoms with E-state index in [1.54, 1.807) is 18.2 Å². The van der Waals surface area contributed by atoms with Crippen molar-refractivity contribution in [3.05, 3.63) is 81.2 Å². The van der Waals surface area contributed by atoms with Gasteiger partial charge in [-0.1, -0.05) is 35.9 Å². The van der Waals surface area contributed by atoms with Gasteiger partial charge in [0.2, 0.25) is 5.78 Å². The number of aryl methyl sites for hydroxylation is 1. The van der Waals surface area contributed by atoms with E-state index in [9.17, 15) is 19.2 Å². The lowest BCUT2D eigenvalue weighted by Gasteiger charge is -2.03. The van der Waals surface area contributed by atoms with Crippen LogP contribution in [0.5, 0.6) is 0 Å². The number of carbonyl (C=O) groups excluding carboxylic acids is 3. The zero-order valence-electron chi connectivity index (χ0n) is 13.7. The van der Waals surface area contributed by atoms with Gasteiger partial charge >= 0.3 is 0 Å². The zero-order chi connectivity index (χ0) is 18.1. The second-order valence-electron chi connectivity index (χ2n) is 5.77. The number of fused-ring (bicyclic) bond motifs is 1. The average molecular weight is 334 g/mol. The predicted molar refractivity (Wildman–Crippen MR) is 92.3 cm³/mol. The Morgan fingerprint density at radius 1 is 0.840 bits per heavy atom. The molecule has 3 rings (SSSR count). The molecule has 0 fully saturated rings. The van der Waals surface area contributed by atoms with Crippen molar-refractivity contribution in [1.82, 2.24) is 0 Å². The van der Waals surface area contributed by atoms with Crippen LogP contribution < -0.4 is 5.43 Å². The van der Waals surface area contributed by atoms with Crippen molar-refractivity contribution < 1.29 is 18.8 Å². The summed E-state index contributed by atoms with van der Waals surface area (Å²) in [4.78, 5) is 48.1. The topological polar surface area (TPSA) is 81.4 Å². The molecule has 0 bridgehead atoms. The summed E-state index contributed by atoms with van der Waals surface area (Å²) in [5.41, 5.74) is 1.33. The van der Waals surface area contributed by atoms with Crippen LogP contribution in [0.1, 0.15) is 43.8 Å². The normalized spacial score (nSPS) is 10.6. The zero-order valence-corrected chi connectivity index (χ0v) is 13.7.